The van der Waals surface area contributed by atoms with Gasteiger partial charge >= 0.3 is 0 Å². The second-order valence-electron chi connectivity index (χ2n) is 7.08. The van der Waals surface area contributed by atoms with Gasteiger partial charge in [-0.1, -0.05) is 12.1 Å². The highest BCUT2D eigenvalue weighted by atomic mass is 19.1. The number of pyridine rings is 1. The summed E-state index contributed by atoms with van der Waals surface area (Å²) >= 11 is 0. The summed E-state index contributed by atoms with van der Waals surface area (Å²) in [6, 6.07) is 12.2. The van der Waals surface area contributed by atoms with Crippen LogP contribution in [0.15, 0.2) is 42.5 Å². The summed E-state index contributed by atoms with van der Waals surface area (Å²) in [4.78, 5) is 21.4. The molecule has 0 aliphatic carbocycles. The predicted molar refractivity (Wildman–Crippen MR) is 102 cm³/mol. The van der Waals surface area contributed by atoms with Gasteiger partial charge in [0, 0.05) is 37.9 Å². The normalized spacial score (nSPS) is 17.2. The van der Waals surface area contributed by atoms with E-state index < -0.39 is 0 Å². The lowest BCUT2D eigenvalue weighted by Crippen LogP contribution is -2.44. The Morgan fingerprint density at radius 1 is 1.23 bits per heavy atom. The van der Waals surface area contributed by atoms with Crippen LogP contribution in [0, 0.1) is 5.82 Å². The molecule has 2 heterocycles. The van der Waals surface area contributed by atoms with E-state index in [9.17, 15) is 9.18 Å². The highest BCUT2D eigenvalue weighted by Gasteiger charge is 2.27. The van der Waals surface area contributed by atoms with Crippen molar-refractivity contribution in [2.24, 2.45) is 0 Å². The number of anilines is 1. The van der Waals surface area contributed by atoms with Crippen molar-refractivity contribution in [2.75, 3.05) is 25.5 Å². The highest BCUT2D eigenvalue weighted by Crippen LogP contribution is 2.24. The van der Waals surface area contributed by atoms with Crippen molar-refractivity contribution in [3.05, 3.63) is 59.5 Å². The van der Waals surface area contributed by atoms with Crippen molar-refractivity contribution in [1.82, 2.24) is 9.88 Å². The maximum absolute atomic E-state index is 13.5. The summed E-state index contributed by atoms with van der Waals surface area (Å²) in [5.41, 5.74) is 1.48. The average Bonchev–Trinajstić information content (AvgIpc) is 2.66. The van der Waals surface area contributed by atoms with Crippen LogP contribution in [0.3, 0.4) is 0 Å². The first-order valence-electron chi connectivity index (χ1n) is 9.24. The Balaban J connectivity index is 1.69. The Morgan fingerprint density at radius 3 is 2.81 bits per heavy atom. The van der Waals surface area contributed by atoms with E-state index in [1.54, 1.807) is 12.1 Å². The smallest absolute Gasteiger partial charge is 0.254 e. The maximum Gasteiger partial charge on any atom is 0.254 e. The molecule has 4 nitrogen and oxygen atoms in total. The standard InChI is InChI=1S/C21H26FN3O/c1-24(2)20-11-6-9-18(23-20)12-13-19-10-3-4-14-25(19)21(26)16-7-5-8-17(22)15-16/h5-9,11,15,19H,3-4,10,12-14H2,1-2H3/t19-/m1/s1. The van der Waals surface area contributed by atoms with Gasteiger partial charge in [0.15, 0.2) is 0 Å². The van der Waals surface area contributed by atoms with Crippen LogP contribution >= 0.6 is 0 Å². The van der Waals surface area contributed by atoms with Crippen LogP contribution < -0.4 is 4.90 Å². The summed E-state index contributed by atoms with van der Waals surface area (Å²) in [5, 5.41) is 0. The lowest BCUT2D eigenvalue weighted by atomic mass is 9.96. The summed E-state index contributed by atoms with van der Waals surface area (Å²) in [7, 11) is 3.96. The topological polar surface area (TPSA) is 36.4 Å². The maximum atomic E-state index is 13.5. The van der Waals surface area contributed by atoms with E-state index in [1.807, 2.05) is 42.1 Å². The first-order chi connectivity index (χ1) is 12.5. The molecule has 0 saturated carbocycles. The molecule has 0 N–H and O–H groups in total. The van der Waals surface area contributed by atoms with Gasteiger partial charge in [0.05, 0.1) is 0 Å². The molecule has 1 aliphatic heterocycles. The number of carbonyl (C=O) groups is 1. The van der Waals surface area contributed by atoms with E-state index in [4.69, 9.17) is 0 Å². The van der Waals surface area contributed by atoms with Crippen LogP contribution in [0.5, 0.6) is 0 Å². The van der Waals surface area contributed by atoms with Crippen LogP contribution in [-0.4, -0.2) is 42.5 Å². The first kappa shape index (κ1) is 18.4. The quantitative estimate of drug-likeness (QED) is 0.816. The van der Waals surface area contributed by atoms with Gasteiger partial charge in [-0.05, 0) is 62.4 Å². The number of amides is 1. The molecule has 1 aromatic heterocycles. The minimum absolute atomic E-state index is 0.0656. The number of rotatable bonds is 5. The molecule has 0 unspecified atom stereocenters. The van der Waals surface area contributed by atoms with Crippen molar-refractivity contribution < 1.29 is 9.18 Å². The third-order valence-corrected chi connectivity index (χ3v) is 4.94. The fourth-order valence-corrected chi connectivity index (χ4v) is 3.53. The van der Waals surface area contributed by atoms with Gasteiger partial charge in [0.1, 0.15) is 11.6 Å². The van der Waals surface area contributed by atoms with Gasteiger partial charge in [-0.2, -0.15) is 0 Å². The van der Waals surface area contributed by atoms with Gasteiger partial charge in [-0.3, -0.25) is 4.79 Å². The molecule has 26 heavy (non-hydrogen) atoms. The zero-order valence-corrected chi connectivity index (χ0v) is 15.5. The van der Waals surface area contributed by atoms with Gasteiger partial charge in [0.2, 0.25) is 0 Å². The second kappa shape index (κ2) is 8.30. The van der Waals surface area contributed by atoms with Crippen molar-refractivity contribution in [1.29, 1.82) is 0 Å². The molecule has 1 amide bonds. The highest BCUT2D eigenvalue weighted by molar-refractivity contribution is 5.94. The molecular formula is C21H26FN3O. The van der Waals surface area contributed by atoms with E-state index in [1.165, 1.54) is 12.1 Å². The van der Waals surface area contributed by atoms with Gasteiger partial charge in [-0.25, -0.2) is 9.37 Å². The number of piperidine rings is 1. The van der Waals surface area contributed by atoms with Gasteiger partial charge < -0.3 is 9.80 Å². The third kappa shape index (κ3) is 4.40. The lowest BCUT2D eigenvalue weighted by Gasteiger charge is -2.36. The van der Waals surface area contributed by atoms with Crippen molar-refractivity contribution in [3.63, 3.8) is 0 Å². The molecule has 0 radical (unpaired) electrons. The van der Waals surface area contributed by atoms with Crippen LogP contribution in [0.2, 0.25) is 0 Å². The molecule has 1 fully saturated rings. The molecule has 3 rings (SSSR count). The number of nitrogens with zero attached hydrogens (tertiary/aromatic N) is 3. The van der Waals surface area contributed by atoms with Crippen LogP contribution in [0.25, 0.3) is 0 Å². The van der Waals surface area contributed by atoms with E-state index in [0.29, 0.717) is 5.56 Å². The number of likely N-dealkylation sites (tertiary alicyclic amines) is 1. The number of benzene rings is 1. The predicted octanol–water partition coefficient (Wildman–Crippen LogP) is 3.91. The molecule has 5 heteroatoms. The number of halogens is 1. The largest absolute Gasteiger partial charge is 0.363 e. The van der Waals surface area contributed by atoms with E-state index in [-0.39, 0.29) is 17.8 Å². The fraction of sp³-hybridized carbons (Fsp3) is 0.429. The van der Waals surface area contributed by atoms with Crippen molar-refractivity contribution in [3.8, 4) is 0 Å². The number of hydrogen-bond acceptors (Lipinski definition) is 3. The Hall–Kier alpha value is -2.43. The molecule has 0 bridgehead atoms. The molecule has 1 aromatic carbocycles. The monoisotopic (exact) mass is 355 g/mol. The average molecular weight is 355 g/mol. The Bertz CT molecular complexity index is 762. The van der Waals surface area contributed by atoms with E-state index >= 15 is 0 Å². The minimum Gasteiger partial charge on any atom is -0.363 e. The van der Waals surface area contributed by atoms with Crippen LogP contribution in [-0.2, 0) is 6.42 Å². The number of carbonyl (C=O) groups excluding carboxylic acids is 1. The fourth-order valence-electron chi connectivity index (χ4n) is 3.53. The van der Waals surface area contributed by atoms with Gasteiger partial charge in [0.25, 0.3) is 5.91 Å². The molecule has 138 valence electrons. The SMILES string of the molecule is CN(C)c1cccc(CC[C@H]2CCCCN2C(=O)c2cccc(F)c2)n1. The summed E-state index contributed by atoms with van der Waals surface area (Å²) in [6.45, 7) is 0.741. The number of hydrogen-bond donors (Lipinski definition) is 0. The first-order valence-corrected chi connectivity index (χ1v) is 9.24. The third-order valence-electron chi connectivity index (χ3n) is 4.94. The Kier molecular flexibility index (Phi) is 5.86. The van der Waals surface area contributed by atoms with Crippen molar-refractivity contribution >= 4 is 11.7 Å². The molecule has 1 saturated heterocycles. The summed E-state index contributed by atoms with van der Waals surface area (Å²) in [6.07, 6.45) is 4.84. The molecule has 1 atom stereocenters. The molecule has 2 aromatic rings. The zero-order valence-electron chi connectivity index (χ0n) is 15.5. The van der Waals surface area contributed by atoms with E-state index in [2.05, 4.69) is 4.98 Å². The van der Waals surface area contributed by atoms with Crippen molar-refractivity contribution in [2.45, 2.75) is 38.1 Å². The second-order valence-corrected chi connectivity index (χ2v) is 7.08. The van der Waals surface area contributed by atoms with Gasteiger partial charge in [-0.15, -0.1) is 0 Å². The minimum atomic E-state index is -0.367. The molecular weight excluding hydrogens is 329 g/mol. The number of aryl methyl sites for hydroxylation is 1. The van der Waals surface area contributed by atoms with Crippen LogP contribution in [0.1, 0.15) is 41.7 Å². The molecule has 0 spiro atoms. The van der Waals surface area contributed by atoms with Crippen LogP contribution in [0.4, 0.5) is 10.2 Å². The zero-order chi connectivity index (χ0) is 18.5. The lowest BCUT2D eigenvalue weighted by molar-refractivity contribution is 0.0601. The van der Waals surface area contributed by atoms with E-state index in [0.717, 1.165) is 50.2 Å². The Morgan fingerprint density at radius 2 is 2.04 bits per heavy atom. The summed E-state index contributed by atoms with van der Waals surface area (Å²) < 4.78 is 13.5. The summed E-state index contributed by atoms with van der Waals surface area (Å²) in [5.74, 6) is 0.511. The Labute approximate surface area is 154 Å². The molecule has 1 aliphatic rings. The number of aromatic nitrogens is 1.